The second-order valence-electron chi connectivity index (χ2n) is 6.20. The van der Waals surface area contributed by atoms with E-state index in [0.29, 0.717) is 24.7 Å². The van der Waals surface area contributed by atoms with E-state index < -0.39 is 0 Å². The third-order valence-corrected chi connectivity index (χ3v) is 4.79. The first-order valence-electron chi connectivity index (χ1n) is 9.28. The highest BCUT2D eigenvalue weighted by Gasteiger charge is 2.11. The van der Waals surface area contributed by atoms with Crippen LogP contribution in [-0.4, -0.2) is 24.9 Å². The summed E-state index contributed by atoms with van der Waals surface area (Å²) >= 11 is 3.60. The lowest BCUT2D eigenvalue weighted by Gasteiger charge is -2.15. The Bertz CT molecular complexity index is 695. The summed E-state index contributed by atoms with van der Waals surface area (Å²) in [6.45, 7) is 4.70. The number of hydrogen-bond acceptors (Lipinski definition) is 4. The molecule has 0 atom stereocenters. The SMILES string of the molecule is CCOc1cc(CNCCCCCO)c(Br)cc1OCc1ccc(F)cc1. The number of aliphatic hydroxyl groups is 1. The monoisotopic (exact) mass is 439 g/mol. The molecule has 0 aliphatic heterocycles. The third-order valence-electron chi connectivity index (χ3n) is 4.05. The third kappa shape index (κ3) is 7.48. The molecular formula is C21H27BrFNO3. The second-order valence-corrected chi connectivity index (χ2v) is 7.05. The maximum atomic E-state index is 13.0. The van der Waals surface area contributed by atoms with Gasteiger partial charge >= 0.3 is 0 Å². The first kappa shape index (κ1) is 21.7. The van der Waals surface area contributed by atoms with Gasteiger partial charge in [0.05, 0.1) is 6.61 Å². The van der Waals surface area contributed by atoms with Crippen molar-refractivity contribution in [1.29, 1.82) is 0 Å². The van der Waals surface area contributed by atoms with E-state index in [2.05, 4.69) is 21.2 Å². The van der Waals surface area contributed by atoms with Crippen LogP contribution in [0.25, 0.3) is 0 Å². The molecule has 0 bridgehead atoms. The summed E-state index contributed by atoms with van der Waals surface area (Å²) in [4.78, 5) is 0. The quantitative estimate of drug-likeness (QED) is 0.465. The molecule has 0 saturated heterocycles. The summed E-state index contributed by atoms with van der Waals surface area (Å²) < 4.78 is 25.6. The Morgan fingerprint density at radius 1 is 1.04 bits per heavy atom. The average Bonchev–Trinajstić information content (AvgIpc) is 2.67. The molecule has 148 valence electrons. The molecular weight excluding hydrogens is 413 g/mol. The summed E-state index contributed by atoms with van der Waals surface area (Å²) in [5.41, 5.74) is 1.98. The first-order chi connectivity index (χ1) is 13.1. The molecule has 0 aromatic heterocycles. The maximum Gasteiger partial charge on any atom is 0.162 e. The fourth-order valence-corrected chi connectivity index (χ4v) is 3.06. The normalized spacial score (nSPS) is 10.8. The molecule has 2 N–H and O–H groups in total. The van der Waals surface area contributed by atoms with Crippen LogP contribution in [0.2, 0.25) is 0 Å². The molecule has 4 nitrogen and oxygen atoms in total. The van der Waals surface area contributed by atoms with Gasteiger partial charge in [-0.25, -0.2) is 4.39 Å². The van der Waals surface area contributed by atoms with Crippen molar-refractivity contribution in [2.45, 2.75) is 39.3 Å². The topological polar surface area (TPSA) is 50.7 Å². The van der Waals surface area contributed by atoms with Crippen molar-refractivity contribution in [3.8, 4) is 11.5 Å². The van der Waals surface area contributed by atoms with Crippen molar-refractivity contribution < 1.29 is 19.0 Å². The predicted octanol–water partition coefficient (Wildman–Crippen LogP) is 4.82. The summed E-state index contributed by atoms with van der Waals surface area (Å²) in [5.74, 6) is 1.09. The number of benzene rings is 2. The van der Waals surface area contributed by atoms with Gasteiger partial charge in [-0.15, -0.1) is 0 Å². The Kier molecular flexibility index (Phi) is 9.59. The number of hydrogen-bond donors (Lipinski definition) is 2. The molecule has 0 aliphatic rings. The van der Waals surface area contributed by atoms with Gasteiger partial charge < -0.3 is 19.9 Å². The molecule has 2 aromatic rings. The highest BCUT2D eigenvalue weighted by Crippen LogP contribution is 2.34. The average molecular weight is 440 g/mol. The fourth-order valence-electron chi connectivity index (χ4n) is 2.60. The largest absolute Gasteiger partial charge is 0.490 e. The van der Waals surface area contributed by atoms with Crippen LogP contribution in [0.5, 0.6) is 11.5 Å². The molecule has 0 heterocycles. The summed E-state index contributed by atoms with van der Waals surface area (Å²) in [7, 11) is 0. The minimum atomic E-state index is -0.260. The lowest BCUT2D eigenvalue weighted by atomic mass is 10.2. The molecule has 0 radical (unpaired) electrons. The minimum absolute atomic E-state index is 0.253. The lowest BCUT2D eigenvalue weighted by molar-refractivity contribution is 0.268. The van der Waals surface area contributed by atoms with Crippen LogP contribution in [-0.2, 0) is 13.2 Å². The van der Waals surface area contributed by atoms with E-state index in [4.69, 9.17) is 14.6 Å². The summed E-state index contributed by atoms with van der Waals surface area (Å²) in [6.07, 6.45) is 2.90. The zero-order chi connectivity index (χ0) is 19.5. The number of unbranched alkanes of at least 4 members (excludes halogenated alkanes) is 2. The lowest BCUT2D eigenvalue weighted by Crippen LogP contribution is -2.15. The van der Waals surface area contributed by atoms with Crippen LogP contribution in [0, 0.1) is 5.82 Å². The van der Waals surface area contributed by atoms with Gasteiger partial charge in [0.2, 0.25) is 0 Å². The van der Waals surface area contributed by atoms with Crippen molar-refractivity contribution in [2.24, 2.45) is 0 Å². The Labute approximate surface area is 168 Å². The summed E-state index contributed by atoms with van der Waals surface area (Å²) in [6, 6.07) is 10.2. The standard InChI is InChI=1S/C21H27BrFNO3/c1-2-26-20-12-17(14-24-10-4-3-5-11-25)19(22)13-21(20)27-15-16-6-8-18(23)9-7-16/h6-9,12-13,24-25H,2-5,10-11,14-15H2,1H3. The van der Waals surface area contributed by atoms with Gasteiger partial charge in [0.25, 0.3) is 0 Å². The van der Waals surface area contributed by atoms with Crippen molar-refractivity contribution in [3.05, 3.63) is 57.8 Å². The van der Waals surface area contributed by atoms with Gasteiger partial charge in [-0.3, -0.25) is 0 Å². The van der Waals surface area contributed by atoms with Crippen LogP contribution >= 0.6 is 15.9 Å². The van der Waals surface area contributed by atoms with Crippen LogP contribution in [0.3, 0.4) is 0 Å². The Balaban J connectivity index is 1.98. The van der Waals surface area contributed by atoms with Crippen molar-refractivity contribution >= 4 is 15.9 Å². The number of halogens is 2. The number of nitrogens with one attached hydrogen (secondary N) is 1. The molecule has 2 aromatic carbocycles. The minimum Gasteiger partial charge on any atom is -0.490 e. The van der Waals surface area contributed by atoms with Gasteiger partial charge in [0.1, 0.15) is 12.4 Å². The van der Waals surface area contributed by atoms with Gasteiger partial charge in [-0.1, -0.05) is 28.1 Å². The molecule has 6 heteroatoms. The number of aliphatic hydroxyl groups excluding tert-OH is 1. The summed E-state index contributed by atoms with van der Waals surface area (Å²) in [5, 5.41) is 12.2. The van der Waals surface area contributed by atoms with E-state index in [1.165, 1.54) is 12.1 Å². The van der Waals surface area contributed by atoms with Crippen molar-refractivity contribution in [2.75, 3.05) is 19.8 Å². The van der Waals surface area contributed by atoms with E-state index in [-0.39, 0.29) is 12.4 Å². The Hall–Kier alpha value is -1.63. The molecule has 0 unspecified atom stereocenters. The molecule has 0 aliphatic carbocycles. The van der Waals surface area contributed by atoms with Crippen molar-refractivity contribution in [1.82, 2.24) is 5.32 Å². The predicted molar refractivity (Wildman–Crippen MR) is 109 cm³/mol. The molecule has 0 amide bonds. The van der Waals surface area contributed by atoms with E-state index in [1.54, 1.807) is 12.1 Å². The van der Waals surface area contributed by atoms with E-state index in [9.17, 15) is 4.39 Å². The van der Waals surface area contributed by atoms with E-state index >= 15 is 0 Å². The molecule has 2 rings (SSSR count). The second kappa shape index (κ2) is 12.0. The first-order valence-corrected chi connectivity index (χ1v) is 10.1. The number of rotatable bonds is 12. The molecule has 0 saturated carbocycles. The maximum absolute atomic E-state index is 13.0. The fraction of sp³-hybridized carbons (Fsp3) is 0.429. The molecule has 0 spiro atoms. The van der Waals surface area contributed by atoms with Crippen molar-refractivity contribution in [3.63, 3.8) is 0 Å². The highest BCUT2D eigenvalue weighted by atomic mass is 79.9. The van der Waals surface area contributed by atoms with Crippen LogP contribution in [0.15, 0.2) is 40.9 Å². The van der Waals surface area contributed by atoms with Gasteiger partial charge in [0, 0.05) is 17.6 Å². The van der Waals surface area contributed by atoms with E-state index in [1.807, 2.05) is 19.1 Å². The smallest absolute Gasteiger partial charge is 0.162 e. The Morgan fingerprint density at radius 2 is 1.78 bits per heavy atom. The van der Waals surface area contributed by atoms with E-state index in [0.717, 1.165) is 48.0 Å². The zero-order valence-corrected chi connectivity index (χ0v) is 17.2. The highest BCUT2D eigenvalue weighted by molar-refractivity contribution is 9.10. The molecule has 27 heavy (non-hydrogen) atoms. The number of ether oxygens (including phenoxy) is 2. The van der Waals surface area contributed by atoms with Gasteiger partial charge in [0.15, 0.2) is 11.5 Å². The zero-order valence-electron chi connectivity index (χ0n) is 15.6. The van der Waals surface area contributed by atoms with Crippen LogP contribution < -0.4 is 14.8 Å². The van der Waals surface area contributed by atoms with Gasteiger partial charge in [-0.05, 0) is 68.1 Å². The van der Waals surface area contributed by atoms with Crippen LogP contribution in [0.4, 0.5) is 4.39 Å². The molecule has 0 fully saturated rings. The Morgan fingerprint density at radius 3 is 2.48 bits per heavy atom. The van der Waals surface area contributed by atoms with Crippen LogP contribution in [0.1, 0.15) is 37.3 Å². The van der Waals surface area contributed by atoms with Gasteiger partial charge in [-0.2, -0.15) is 0 Å².